The Morgan fingerprint density at radius 1 is 1.04 bits per heavy atom. The van der Waals surface area contributed by atoms with Crippen molar-refractivity contribution in [2.45, 2.75) is 18.4 Å². The first-order chi connectivity index (χ1) is 11.3. The zero-order chi connectivity index (χ0) is 17.7. The molecule has 0 heterocycles. The molecule has 2 aromatic rings. The number of nitrogens with two attached hydrogens (primary N) is 2. The summed E-state index contributed by atoms with van der Waals surface area (Å²) in [6, 6.07) is 11.4. The van der Waals surface area contributed by atoms with Crippen molar-refractivity contribution in [3.8, 4) is 0 Å². The van der Waals surface area contributed by atoms with Gasteiger partial charge in [-0.3, -0.25) is 4.79 Å². The van der Waals surface area contributed by atoms with Crippen molar-refractivity contribution in [2.75, 3.05) is 18.0 Å². The van der Waals surface area contributed by atoms with E-state index in [1.165, 1.54) is 12.1 Å². The van der Waals surface area contributed by atoms with E-state index in [4.69, 9.17) is 11.5 Å². The summed E-state index contributed by atoms with van der Waals surface area (Å²) >= 11 is 0. The Labute approximate surface area is 141 Å². The molecule has 0 spiro atoms. The number of hydrogen-bond donors (Lipinski definition) is 4. The molecule has 0 radical (unpaired) electrons. The average molecular weight is 348 g/mol. The van der Waals surface area contributed by atoms with Crippen LogP contribution in [0.2, 0.25) is 0 Å². The van der Waals surface area contributed by atoms with Crippen LogP contribution < -0.4 is 21.5 Å². The number of hydrogen-bond acceptors (Lipinski definition) is 5. The Morgan fingerprint density at radius 3 is 2.33 bits per heavy atom. The van der Waals surface area contributed by atoms with Crippen LogP contribution in [0.4, 0.5) is 11.4 Å². The SMILES string of the molecule is Cc1ccc(S(=O)(=O)NCC(=O)NCc2ccc(N)c(N)c2)cc1. The van der Waals surface area contributed by atoms with Crippen LogP contribution in [-0.4, -0.2) is 20.9 Å². The highest BCUT2D eigenvalue weighted by atomic mass is 32.2. The minimum atomic E-state index is -3.71. The first-order valence-corrected chi connectivity index (χ1v) is 8.73. The molecule has 24 heavy (non-hydrogen) atoms. The van der Waals surface area contributed by atoms with Crippen molar-refractivity contribution >= 4 is 27.3 Å². The van der Waals surface area contributed by atoms with Gasteiger partial charge in [-0.05, 0) is 36.8 Å². The summed E-state index contributed by atoms with van der Waals surface area (Å²) in [6.07, 6.45) is 0. The van der Waals surface area contributed by atoms with E-state index in [1.807, 2.05) is 6.92 Å². The molecule has 0 saturated heterocycles. The maximum Gasteiger partial charge on any atom is 0.241 e. The van der Waals surface area contributed by atoms with E-state index in [0.717, 1.165) is 11.1 Å². The molecule has 0 aliphatic heterocycles. The highest BCUT2D eigenvalue weighted by molar-refractivity contribution is 7.89. The lowest BCUT2D eigenvalue weighted by atomic mass is 10.2. The second-order valence-corrected chi connectivity index (χ2v) is 7.14. The van der Waals surface area contributed by atoms with Gasteiger partial charge in [-0.15, -0.1) is 0 Å². The molecule has 128 valence electrons. The van der Waals surface area contributed by atoms with E-state index in [0.29, 0.717) is 11.4 Å². The molecule has 2 aromatic carbocycles. The first-order valence-electron chi connectivity index (χ1n) is 7.25. The number of rotatable bonds is 6. The summed E-state index contributed by atoms with van der Waals surface area (Å²) in [6.45, 7) is 1.75. The van der Waals surface area contributed by atoms with Crippen molar-refractivity contribution in [3.05, 3.63) is 53.6 Å². The summed E-state index contributed by atoms with van der Waals surface area (Å²) in [5, 5.41) is 2.62. The van der Waals surface area contributed by atoms with Gasteiger partial charge in [0.1, 0.15) is 0 Å². The molecule has 7 nitrogen and oxygen atoms in total. The van der Waals surface area contributed by atoms with Crippen LogP contribution in [0.1, 0.15) is 11.1 Å². The maximum absolute atomic E-state index is 12.1. The third-order valence-electron chi connectivity index (χ3n) is 3.39. The lowest BCUT2D eigenvalue weighted by Crippen LogP contribution is -2.36. The van der Waals surface area contributed by atoms with E-state index in [2.05, 4.69) is 10.0 Å². The Hall–Kier alpha value is -2.58. The van der Waals surface area contributed by atoms with Gasteiger partial charge in [-0.1, -0.05) is 23.8 Å². The standard InChI is InChI=1S/C16H20N4O3S/c1-11-2-5-13(6-3-11)24(22,23)20-10-16(21)19-9-12-4-7-14(17)15(18)8-12/h2-8,20H,9-10,17-18H2,1H3,(H,19,21). The molecular weight excluding hydrogens is 328 g/mol. The Morgan fingerprint density at radius 2 is 1.71 bits per heavy atom. The van der Waals surface area contributed by atoms with Crippen LogP contribution in [0.15, 0.2) is 47.4 Å². The minimum absolute atomic E-state index is 0.118. The largest absolute Gasteiger partial charge is 0.397 e. The number of carbonyl (C=O) groups excluding carboxylic acids is 1. The highest BCUT2D eigenvalue weighted by Gasteiger charge is 2.15. The summed E-state index contributed by atoms with van der Waals surface area (Å²) in [4.78, 5) is 11.9. The van der Waals surface area contributed by atoms with Gasteiger partial charge in [0.25, 0.3) is 0 Å². The maximum atomic E-state index is 12.1. The molecule has 0 bridgehead atoms. The quantitative estimate of drug-likeness (QED) is 0.573. The van der Waals surface area contributed by atoms with Gasteiger partial charge in [0.2, 0.25) is 15.9 Å². The summed E-state index contributed by atoms with van der Waals surface area (Å²) in [5.74, 6) is -0.443. The third kappa shape index (κ3) is 4.71. The van der Waals surface area contributed by atoms with E-state index in [9.17, 15) is 13.2 Å². The number of carbonyl (C=O) groups is 1. The van der Waals surface area contributed by atoms with E-state index < -0.39 is 15.9 Å². The van der Waals surface area contributed by atoms with Gasteiger partial charge in [0, 0.05) is 6.54 Å². The number of sulfonamides is 1. The number of nitrogens with one attached hydrogen (secondary N) is 2. The second-order valence-electron chi connectivity index (χ2n) is 5.38. The molecule has 0 aromatic heterocycles. The molecule has 0 fully saturated rings. The lowest BCUT2D eigenvalue weighted by Gasteiger charge is -2.09. The molecule has 0 unspecified atom stereocenters. The average Bonchev–Trinajstić information content (AvgIpc) is 2.54. The lowest BCUT2D eigenvalue weighted by molar-refractivity contribution is -0.120. The minimum Gasteiger partial charge on any atom is -0.397 e. The van der Waals surface area contributed by atoms with Crippen molar-refractivity contribution in [2.24, 2.45) is 0 Å². The van der Waals surface area contributed by atoms with E-state index >= 15 is 0 Å². The van der Waals surface area contributed by atoms with Gasteiger partial charge in [-0.2, -0.15) is 0 Å². The summed E-state index contributed by atoms with van der Waals surface area (Å²) in [7, 11) is -3.71. The molecule has 6 N–H and O–H groups in total. The van der Waals surface area contributed by atoms with Gasteiger partial charge >= 0.3 is 0 Å². The summed E-state index contributed by atoms with van der Waals surface area (Å²) in [5.41, 5.74) is 13.9. The normalized spacial score (nSPS) is 11.2. The zero-order valence-electron chi connectivity index (χ0n) is 13.2. The number of benzene rings is 2. The number of anilines is 2. The molecule has 0 aliphatic carbocycles. The van der Waals surface area contributed by atoms with Crippen LogP contribution in [0.3, 0.4) is 0 Å². The summed E-state index contributed by atoms with van der Waals surface area (Å²) < 4.78 is 26.4. The molecule has 1 amide bonds. The number of aryl methyl sites for hydroxylation is 1. The number of amides is 1. The molecule has 2 rings (SSSR count). The number of nitrogen functional groups attached to an aromatic ring is 2. The van der Waals surface area contributed by atoms with Crippen LogP contribution in [-0.2, 0) is 21.4 Å². The van der Waals surface area contributed by atoms with E-state index in [-0.39, 0.29) is 18.0 Å². The topological polar surface area (TPSA) is 127 Å². The van der Waals surface area contributed by atoms with Crippen LogP contribution in [0.5, 0.6) is 0 Å². The predicted octanol–water partition coefficient (Wildman–Crippen LogP) is 0.754. The first kappa shape index (κ1) is 17.8. The Balaban J connectivity index is 1.88. The van der Waals surface area contributed by atoms with Crippen molar-refractivity contribution in [1.29, 1.82) is 0 Å². The molecule has 0 atom stereocenters. The van der Waals surface area contributed by atoms with E-state index in [1.54, 1.807) is 30.3 Å². The van der Waals surface area contributed by atoms with Gasteiger partial charge in [0.05, 0.1) is 22.8 Å². The van der Waals surface area contributed by atoms with Crippen LogP contribution in [0, 0.1) is 6.92 Å². The predicted molar refractivity (Wildman–Crippen MR) is 93.5 cm³/mol. The van der Waals surface area contributed by atoms with Gasteiger partial charge < -0.3 is 16.8 Å². The third-order valence-corrected chi connectivity index (χ3v) is 4.81. The fourth-order valence-corrected chi connectivity index (χ4v) is 2.94. The van der Waals surface area contributed by atoms with Crippen LogP contribution >= 0.6 is 0 Å². The van der Waals surface area contributed by atoms with Crippen molar-refractivity contribution in [3.63, 3.8) is 0 Å². The fourth-order valence-electron chi connectivity index (χ4n) is 1.96. The second kappa shape index (κ2) is 7.33. The molecule has 0 aliphatic rings. The van der Waals surface area contributed by atoms with Crippen LogP contribution in [0.25, 0.3) is 0 Å². The fraction of sp³-hybridized carbons (Fsp3) is 0.188. The Bertz CT molecular complexity index is 833. The molecule has 8 heteroatoms. The smallest absolute Gasteiger partial charge is 0.241 e. The molecular formula is C16H20N4O3S. The van der Waals surface area contributed by atoms with Gasteiger partial charge in [0.15, 0.2) is 0 Å². The zero-order valence-corrected chi connectivity index (χ0v) is 14.1. The Kier molecular flexibility index (Phi) is 5.42. The molecule has 0 saturated carbocycles. The monoisotopic (exact) mass is 348 g/mol. The highest BCUT2D eigenvalue weighted by Crippen LogP contribution is 2.15. The van der Waals surface area contributed by atoms with Crippen molar-refractivity contribution in [1.82, 2.24) is 10.0 Å². The van der Waals surface area contributed by atoms with Gasteiger partial charge in [-0.25, -0.2) is 13.1 Å². The van der Waals surface area contributed by atoms with Crippen molar-refractivity contribution < 1.29 is 13.2 Å².